The Bertz CT molecular complexity index is 491. The van der Waals surface area contributed by atoms with Crippen molar-refractivity contribution in [2.24, 2.45) is 12.8 Å². The number of nitrogens with two attached hydrogens (primary N) is 1. The zero-order valence-corrected chi connectivity index (χ0v) is 9.15. The second-order valence-corrected chi connectivity index (χ2v) is 3.66. The number of hydrogen-bond acceptors (Lipinski definition) is 2. The normalized spacial score (nSPS) is 10.7. The number of aryl methyl sites for hydroxylation is 1. The van der Waals surface area contributed by atoms with Gasteiger partial charge in [0.2, 0.25) is 0 Å². The number of aromatic nitrogens is 2. The van der Waals surface area contributed by atoms with E-state index in [9.17, 15) is 4.39 Å². The monoisotopic (exact) mass is 219 g/mol. The van der Waals surface area contributed by atoms with Crippen LogP contribution in [0.15, 0.2) is 30.3 Å². The lowest BCUT2D eigenvalue weighted by Gasteiger charge is -1.97. The molecule has 2 aromatic rings. The van der Waals surface area contributed by atoms with Crippen LogP contribution in [0.3, 0.4) is 0 Å². The van der Waals surface area contributed by atoms with Crippen LogP contribution in [0.2, 0.25) is 0 Å². The fourth-order valence-corrected chi connectivity index (χ4v) is 1.69. The van der Waals surface area contributed by atoms with E-state index in [0.29, 0.717) is 17.8 Å². The molecule has 2 rings (SSSR count). The Hall–Kier alpha value is -1.68. The van der Waals surface area contributed by atoms with E-state index in [4.69, 9.17) is 5.73 Å². The van der Waals surface area contributed by atoms with Gasteiger partial charge in [-0.05, 0) is 24.7 Å². The molecule has 0 aliphatic carbocycles. The summed E-state index contributed by atoms with van der Waals surface area (Å²) >= 11 is 0. The molecule has 1 heterocycles. The first kappa shape index (κ1) is 10.8. The summed E-state index contributed by atoms with van der Waals surface area (Å²) in [5, 5.41) is 4.28. The molecular formula is C12H14FN3. The zero-order chi connectivity index (χ0) is 11.5. The van der Waals surface area contributed by atoms with Crippen LogP contribution in [0.4, 0.5) is 4.39 Å². The van der Waals surface area contributed by atoms with E-state index >= 15 is 0 Å². The molecule has 1 aromatic carbocycles. The minimum Gasteiger partial charge on any atom is -0.330 e. The number of hydrogen-bond donors (Lipinski definition) is 1. The van der Waals surface area contributed by atoms with Crippen molar-refractivity contribution in [2.45, 2.75) is 6.42 Å². The molecule has 0 fully saturated rings. The predicted octanol–water partition coefficient (Wildman–Crippen LogP) is 1.73. The fourth-order valence-electron chi connectivity index (χ4n) is 1.69. The van der Waals surface area contributed by atoms with Gasteiger partial charge in [-0.15, -0.1) is 0 Å². The molecule has 2 N–H and O–H groups in total. The second-order valence-electron chi connectivity index (χ2n) is 3.66. The van der Waals surface area contributed by atoms with Crippen LogP contribution in [-0.2, 0) is 13.5 Å². The first-order valence-electron chi connectivity index (χ1n) is 5.20. The highest BCUT2D eigenvalue weighted by molar-refractivity contribution is 5.60. The van der Waals surface area contributed by atoms with Crippen molar-refractivity contribution in [3.8, 4) is 11.3 Å². The highest BCUT2D eigenvalue weighted by atomic mass is 19.1. The Morgan fingerprint density at radius 2 is 2.12 bits per heavy atom. The third-order valence-corrected chi connectivity index (χ3v) is 2.53. The summed E-state index contributed by atoms with van der Waals surface area (Å²) in [5.41, 5.74) is 7.69. The van der Waals surface area contributed by atoms with Gasteiger partial charge in [0, 0.05) is 24.7 Å². The van der Waals surface area contributed by atoms with Gasteiger partial charge >= 0.3 is 0 Å². The van der Waals surface area contributed by atoms with Crippen LogP contribution in [0.25, 0.3) is 11.3 Å². The van der Waals surface area contributed by atoms with Crippen molar-refractivity contribution >= 4 is 0 Å². The van der Waals surface area contributed by atoms with E-state index in [0.717, 1.165) is 12.1 Å². The maximum absolute atomic E-state index is 13.5. The van der Waals surface area contributed by atoms with Crippen molar-refractivity contribution in [3.05, 3.63) is 41.8 Å². The Morgan fingerprint density at radius 1 is 1.38 bits per heavy atom. The smallest absolute Gasteiger partial charge is 0.132 e. The molecule has 0 atom stereocenters. The standard InChI is InChI=1S/C12H14FN3/c1-16-9(6-7-14)8-12(15-16)10-4-2-3-5-11(10)13/h2-5,8H,6-7,14H2,1H3. The fraction of sp³-hybridized carbons (Fsp3) is 0.250. The molecule has 0 aliphatic rings. The minimum absolute atomic E-state index is 0.250. The Kier molecular flexibility index (Phi) is 3.01. The van der Waals surface area contributed by atoms with E-state index in [-0.39, 0.29) is 5.82 Å². The molecular weight excluding hydrogens is 205 g/mol. The average Bonchev–Trinajstić information content (AvgIpc) is 2.61. The van der Waals surface area contributed by atoms with Crippen LogP contribution in [-0.4, -0.2) is 16.3 Å². The molecule has 0 saturated heterocycles. The quantitative estimate of drug-likeness (QED) is 0.854. The third-order valence-electron chi connectivity index (χ3n) is 2.53. The van der Waals surface area contributed by atoms with Crippen LogP contribution in [0, 0.1) is 5.82 Å². The van der Waals surface area contributed by atoms with Crippen molar-refractivity contribution < 1.29 is 4.39 Å². The molecule has 0 spiro atoms. The van der Waals surface area contributed by atoms with E-state index in [1.165, 1.54) is 6.07 Å². The zero-order valence-electron chi connectivity index (χ0n) is 9.15. The molecule has 1 aromatic heterocycles. The van der Waals surface area contributed by atoms with Gasteiger partial charge in [-0.3, -0.25) is 4.68 Å². The summed E-state index contributed by atoms with van der Waals surface area (Å²) in [5.74, 6) is -0.250. The summed E-state index contributed by atoms with van der Waals surface area (Å²) in [7, 11) is 1.84. The lowest BCUT2D eigenvalue weighted by atomic mass is 10.1. The molecule has 0 bridgehead atoms. The highest BCUT2D eigenvalue weighted by Gasteiger charge is 2.09. The number of rotatable bonds is 3. The average molecular weight is 219 g/mol. The molecule has 84 valence electrons. The van der Waals surface area contributed by atoms with Crippen LogP contribution >= 0.6 is 0 Å². The van der Waals surface area contributed by atoms with Crippen LogP contribution < -0.4 is 5.73 Å². The largest absolute Gasteiger partial charge is 0.330 e. The van der Waals surface area contributed by atoms with E-state index in [1.807, 2.05) is 13.1 Å². The maximum Gasteiger partial charge on any atom is 0.132 e. The Balaban J connectivity index is 2.42. The Labute approximate surface area is 93.7 Å². The summed E-state index contributed by atoms with van der Waals surface area (Å²) in [6, 6.07) is 8.51. The Morgan fingerprint density at radius 3 is 2.81 bits per heavy atom. The van der Waals surface area contributed by atoms with Crippen LogP contribution in [0.1, 0.15) is 5.69 Å². The molecule has 0 aliphatic heterocycles. The van der Waals surface area contributed by atoms with E-state index < -0.39 is 0 Å². The first-order chi connectivity index (χ1) is 7.72. The second kappa shape index (κ2) is 4.45. The molecule has 0 unspecified atom stereocenters. The van der Waals surface area contributed by atoms with Crippen molar-refractivity contribution in [3.63, 3.8) is 0 Å². The SMILES string of the molecule is Cn1nc(-c2ccccc2F)cc1CCN. The van der Waals surface area contributed by atoms with Crippen molar-refractivity contribution in [2.75, 3.05) is 6.54 Å². The molecule has 3 nitrogen and oxygen atoms in total. The first-order valence-corrected chi connectivity index (χ1v) is 5.20. The van der Waals surface area contributed by atoms with Gasteiger partial charge in [-0.2, -0.15) is 5.10 Å². The molecule has 0 amide bonds. The topological polar surface area (TPSA) is 43.8 Å². The van der Waals surface area contributed by atoms with E-state index in [2.05, 4.69) is 5.10 Å². The molecule has 16 heavy (non-hydrogen) atoms. The van der Waals surface area contributed by atoms with E-state index in [1.54, 1.807) is 22.9 Å². The van der Waals surface area contributed by atoms with Crippen molar-refractivity contribution in [1.82, 2.24) is 9.78 Å². The van der Waals surface area contributed by atoms with Gasteiger partial charge < -0.3 is 5.73 Å². The third kappa shape index (κ3) is 1.97. The number of halogens is 1. The lowest BCUT2D eigenvalue weighted by molar-refractivity contribution is 0.629. The highest BCUT2D eigenvalue weighted by Crippen LogP contribution is 2.21. The predicted molar refractivity (Wildman–Crippen MR) is 61.4 cm³/mol. The minimum atomic E-state index is -0.250. The van der Waals surface area contributed by atoms with Gasteiger partial charge in [0.25, 0.3) is 0 Å². The summed E-state index contributed by atoms with van der Waals surface area (Å²) in [6.07, 6.45) is 0.748. The lowest BCUT2D eigenvalue weighted by Crippen LogP contribution is -2.06. The van der Waals surface area contributed by atoms with Gasteiger partial charge in [0.1, 0.15) is 5.82 Å². The number of nitrogens with zero attached hydrogens (tertiary/aromatic N) is 2. The van der Waals surface area contributed by atoms with Gasteiger partial charge in [-0.1, -0.05) is 12.1 Å². The molecule has 4 heteroatoms. The van der Waals surface area contributed by atoms with Gasteiger partial charge in [0.15, 0.2) is 0 Å². The maximum atomic E-state index is 13.5. The number of benzene rings is 1. The van der Waals surface area contributed by atoms with Crippen molar-refractivity contribution in [1.29, 1.82) is 0 Å². The molecule has 0 saturated carbocycles. The van der Waals surface area contributed by atoms with Gasteiger partial charge in [0.05, 0.1) is 5.69 Å². The van der Waals surface area contributed by atoms with Crippen LogP contribution in [0.5, 0.6) is 0 Å². The summed E-state index contributed by atoms with van der Waals surface area (Å²) in [4.78, 5) is 0. The molecule has 0 radical (unpaired) electrons. The summed E-state index contributed by atoms with van der Waals surface area (Å²) in [6.45, 7) is 0.566. The summed E-state index contributed by atoms with van der Waals surface area (Å²) < 4.78 is 15.3. The van der Waals surface area contributed by atoms with Gasteiger partial charge in [-0.25, -0.2) is 4.39 Å².